The van der Waals surface area contributed by atoms with Crippen LogP contribution in [0.4, 0.5) is 0 Å². The van der Waals surface area contributed by atoms with Crippen molar-refractivity contribution in [1.82, 2.24) is 4.90 Å². The number of hydrogen-bond donors (Lipinski definition) is 0. The maximum absolute atomic E-state index is 13.3. The summed E-state index contributed by atoms with van der Waals surface area (Å²) >= 11 is 0. The van der Waals surface area contributed by atoms with Crippen LogP contribution in [-0.2, 0) is 14.4 Å². The van der Waals surface area contributed by atoms with Crippen LogP contribution in [0.25, 0.3) is 0 Å². The Kier molecular flexibility index (Phi) is 4.26. The van der Waals surface area contributed by atoms with Crippen LogP contribution in [0.15, 0.2) is 48.5 Å². The van der Waals surface area contributed by atoms with Crippen LogP contribution >= 0.6 is 0 Å². The van der Waals surface area contributed by atoms with Crippen molar-refractivity contribution in [1.29, 1.82) is 0 Å². The van der Waals surface area contributed by atoms with Crippen LogP contribution < -0.4 is 5.11 Å². The Morgan fingerprint density at radius 3 is 1.62 bits per heavy atom. The summed E-state index contributed by atoms with van der Waals surface area (Å²) in [6, 6.07) is 16.4. The molecule has 5 heteroatoms. The first-order chi connectivity index (χ1) is 14.1. The predicted octanol–water partition coefficient (Wildman–Crippen LogP) is 2.19. The van der Waals surface area contributed by atoms with Gasteiger partial charge in [-0.15, -0.1) is 0 Å². The molecule has 1 fully saturated rings. The fourth-order valence-electron chi connectivity index (χ4n) is 5.68. The summed E-state index contributed by atoms with van der Waals surface area (Å²) in [7, 11) is 0. The number of amides is 2. The summed E-state index contributed by atoms with van der Waals surface area (Å²) < 4.78 is 0. The van der Waals surface area contributed by atoms with Crippen molar-refractivity contribution in [3.05, 3.63) is 70.8 Å². The summed E-state index contributed by atoms with van der Waals surface area (Å²) in [6.45, 7) is 0.365. The molecule has 1 saturated heterocycles. The monoisotopic (exact) mass is 388 g/mol. The van der Waals surface area contributed by atoms with Gasteiger partial charge in [0.2, 0.25) is 11.8 Å². The highest BCUT2D eigenvalue weighted by Gasteiger charge is 2.61. The maximum Gasteiger partial charge on any atom is 0.234 e. The molecule has 2 bridgehead atoms. The van der Waals surface area contributed by atoms with Crippen LogP contribution in [0.1, 0.15) is 59.8 Å². The van der Waals surface area contributed by atoms with E-state index in [-0.39, 0.29) is 41.9 Å². The summed E-state index contributed by atoms with van der Waals surface area (Å²) in [5.74, 6) is -2.01. The van der Waals surface area contributed by atoms with E-state index in [1.54, 1.807) is 0 Å². The Labute approximate surface area is 169 Å². The van der Waals surface area contributed by atoms with Gasteiger partial charge in [0, 0.05) is 24.3 Å². The molecule has 3 aliphatic carbocycles. The minimum atomic E-state index is -1.06. The van der Waals surface area contributed by atoms with E-state index in [0.29, 0.717) is 25.8 Å². The molecule has 0 saturated carbocycles. The Morgan fingerprint density at radius 1 is 0.759 bits per heavy atom. The molecule has 2 aromatic rings. The van der Waals surface area contributed by atoms with E-state index in [0.717, 1.165) is 0 Å². The second-order valence-corrected chi connectivity index (χ2v) is 8.28. The fraction of sp³-hybridized carbons (Fsp3) is 0.375. The smallest absolute Gasteiger partial charge is 0.234 e. The molecule has 0 radical (unpaired) electrons. The second-order valence-electron chi connectivity index (χ2n) is 8.28. The molecule has 1 aliphatic heterocycles. The van der Waals surface area contributed by atoms with Crippen molar-refractivity contribution in [2.24, 2.45) is 11.8 Å². The van der Waals surface area contributed by atoms with Gasteiger partial charge in [-0.05, 0) is 41.5 Å². The fourth-order valence-corrected chi connectivity index (χ4v) is 5.68. The Morgan fingerprint density at radius 2 is 1.21 bits per heavy atom. The van der Waals surface area contributed by atoms with Gasteiger partial charge in [0.15, 0.2) is 0 Å². The zero-order chi connectivity index (χ0) is 20.1. The molecule has 0 unspecified atom stereocenters. The van der Waals surface area contributed by atoms with E-state index < -0.39 is 5.97 Å². The van der Waals surface area contributed by atoms with Crippen LogP contribution in [0.2, 0.25) is 0 Å². The Bertz CT molecular complexity index is 898. The van der Waals surface area contributed by atoms with Crippen LogP contribution in [0.3, 0.4) is 0 Å². The molecule has 0 aromatic heterocycles. The zero-order valence-electron chi connectivity index (χ0n) is 16.0. The molecule has 2 aromatic carbocycles. The summed E-state index contributed by atoms with van der Waals surface area (Å²) in [4.78, 5) is 38.7. The number of hydrogen-bond acceptors (Lipinski definition) is 4. The number of imide groups is 1. The zero-order valence-corrected chi connectivity index (χ0v) is 16.0. The quantitative estimate of drug-likeness (QED) is 0.561. The number of carboxylic acid groups (broad SMARTS) is 1. The standard InChI is InChI=1S/C24H23NO4/c26-18(27)12-2-1-7-13-25-23(28)21-19-14-8-3-4-9-15(14)20(22(21)24(25)29)17-11-6-5-10-16(17)19/h3-6,8-11,19-22H,1-2,7,12-13H2,(H,26,27)/p-1/t19?,20?,21-,22+. The van der Waals surface area contributed by atoms with Crippen LogP contribution in [0.5, 0.6) is 0 Å². The van der Waals surface area contributed by atoms with Gasteiger partial charge in [0.05, 0.1) is 11.8 Å². The van der Waals surface area contributed by atoms with Crippen molar-refractivity contribution in [3.63, 3.8) is 0 Å². The van der Waals surface area contributed by atoms with Crippen molar-refractivity contribution in [2.75, 3.05) is 6.54 Å². The van der Waals surface area contributed by atoms with Gasteiger partial charge in [-0.2, -0.15) is 0 Å². The lowest BCUT2D eigenvalue weighted by Gasteiger charge is -2.45. The number of carboxylic acids is 1. The largest absolute Gasteiger partial charge is 0.550 e. The molecule has 6 rings (SSSR count). The molecular weight excluding hydrogens is 366 g/mol. The maximum atomic E-state index is 13.3. The van der Waals surface area contributed by atoms with Gasteiger partial charge in [-0.1, -0.05) is 55.0 Å². The van der Waals surface area contributed by atoms with E-state index in [1.165, 1.54) is 27.2 Å². The number of likely N-dealkylation sites (tertiary alicyclic amines) is 1. The average Bonchev–Trinajstić information content (AvgIpc) is 2.98. The molecule has 5 nitrogen and oxygen atoms in total. The highest BCUT2D eigenvalue weighted by molar-refractivity contribution is 6.07. The first-order valence-electron chi connectivity index (χ1n) is 10.3. The Hall–Kier alpha value is -2.95. The third-order valence-electron chi connectivity index (χ3n) is 6.80. The van der Waals surface area contributed by atoms with E-state index in [2.05, 4.69) is 24.3 Å². The molecule has 2 atom stereocenters. The summed E-state index contributed by atoms with van der Waals surface area (Å²) in [5, 5.41) is 10.6. The SMILES string of the molecule is O=C([O-])CCCCCN1C(=O)[C@@H]2C3c4ccccc4C(c4ccccc43)[C@@H]2C1=O. The van der Waals surface area contributed by atoms with Crippen molar-refractivity contribution in [3.8, 4) is 0 Å². The second kappa shape index (κ2) is 6.83. The normalized spacial score (nSPS) is 26.3. The molecule has 4 aliphatic rings. The summed E-state index contributed by atoms with van der Waals surface area (Å²) in [5.41, 5.74) is 4.70. The van der Waals surface area contributed by atoms with Crippen molar-refractivity contribution < 1.29 is 19.5 Å². The number of carbonyl (C=O) groups excluding carboxylic acids is 3. The highest BCUT2D eigenvalue weighted by Crippen LogP contribution is 2.60. The van der Waals surface area contributed by atoms with E-state index in [1.807, 2.05) is 24.3 Å². The first kappa shape index (κ1) is 18.1. The van der Waals surface area contributed by atoms with Gasteiger partial charge in [-0.25, -0.2) is 0 Å². The Balaban J connectivity index is 1.46. The van der Waals surface area contributed by atoms with Gasteiger partial charge < -0.3 is 9.90 Å². The lowest BCUT2D eigenvalue weighted by Crippen LogP contribution is -2.41. The van der Waals surface area contributed by atoms with Crippen LogP contribution in [-0.4, -0.2) is 29.2 Å². The molecule has 0 spiro atoms. The van der Waals surface area contributed by atoms with Crippen molar-refractivity contribution in [2.45, 2.75) is 37.5 Å². The molecular formula is C24H22NO4-. The number of unbranched alkanes of at least 4 members (excludes halogenated alkanes) is 2. The molecule has 148 valence electrons. The number of nitrogens with zero attached hydrogens (tertiary/aromatic N) is 1. The minimum absolute atomic E-state index is 0.0158. The lowest BCUT2D eigenvalue weighted by molar-refractivity contribution is -0.305. The summed E-state index contributed by atoms with van der Waals surface area (Å²) in [6.07, 6.45) is 1.81. The molecule has 2 amide bonds. The molecule has 29 heavy (non-hydrogen) atoms. The average molecular weight is 388 g/mol. The topological polar surface area (TPSA) is 77.5 Å². The van der Waals surface area contributed by atoms with E-state index in [4.69, 9.17) is 0 Å². The highest BCUT2D eigenvalue weighted by atomic mass is 16.4. The predicted molar refractivity (Wildman–Crippen MR) is 104 cm³/mol. The van der Waals surface area contributed by atoms with E-state index >= 15 is 0 Å². The van der Waals surface area contributed by atoms with Gasteiger partial charge in [0.1, 0.15) is 0 Å². The van der Waals surface area contributed by atoms with Crippen molar-refractivity contribution >= 4 is 17.8 Å². The third kappa shape index (κ3) is 2.64. The first-order valence-corrected chi connectivity index (χ1v) is 10.3. The number of aliphatic carboxylic acids is 1. The lowest BCUT2D eigenvalue weighted by atomic mass is 9.55. The van der Waals surface area contributed by atoms with Gasteiger partial charge in [-0.3, -0.25) is 14.5 Å². The van der Waals surface area contributed by atoms with Gasteiger partial charge >= 0.3 is 0 Å². The molecule has 1 heterocycles. The van der Waals surface area contributed by atoms with Crippen LogP contribution in [0, 0.1) is 11.8 Å². The molecule has 0 N–H and O–H groups in total. The van der Waals surface area contributed by atoms with Gasteiger partial charge in [0.25, 0.3) is 0 Å². The third-order valence-corrected chi connectivity index (χ3v) is 6.80. The number of rotatable bonds is 6. The van der Waals surface area contributed by atoms with E-state index in [9.17, 15) is 19.5 Å². The number of carbonyl (C=O) groups is 3. The minimum Gasteiger partial charge on any atom is -0.550 e. The number of benzene rings is 2.